The summed E-state index contributed by atoms with van der Waals surface area (Å²) < 4.78 is 22.5. The van der Waals surface area contributed by atoms with Crippen molar-refractivity contribution in [1.29, 1.82) is 0 Å². The van der Waals surface area contributed by atoms with Gasteiger partial charge in [-0.15, -0.1) is 0 Å². The number of hydrogen-bond donors (Lipinski definition) is 0. The van der Waals surface area contributed by atoms with E-state index in [0.717, 1.165) is 59.7 Å². The summed E-state index contributed by atoms with van der Waals surface area (Å²) in [5.74, 6) is 1.42. The number of rotatable bonds is 13. The Morgan fingerprint density at radius 1 is 0.921 bits per heavy atom. The highest BCUT2D eigenvalue weighted by molar-refractivity contribution is 5.98. The summed E-state index contributed by atoms with van der Waals surface area (Å²) in [6.45, 7) is 6.17. The number of nitrogens with zero attached hydrogens (tertiary/aromatic N) is 1. The van der Waals surface area contributed by atoms with Crippen molar-refractivity contribution in [3.8, 4) is 11.5 Å². The molecule has 3 aromatic rings. The maximum Gasteiger partial charge on any atom is 0.335 e. The molecular formula is C32H37NO5. The molecule has 1 aliphatic rings. The van der Waals surface area contributed by atoms with Crippen molar-refractivity contribution < 1.29 is 23.7 Å². The standard InChI is InChI=1S/C32H37NO5/c1-3-37-32(34)30-23-33(22-25-10-5-4-6-11-25)19-18-29(30)26-14-16-28(17-15-26)38-21-9-20-36-24-27-12-7-8-13-31(27)35-2/h4-8,10-17H,3,9,18-24H2,1-2H3. The zero-order chi connectivity index (χ0) is 26.6. The van der Waals surface area contributed by atoms with Gasteiger partial charge in [0.2, 0.25) is 0 Å². The lowest BCUT2D eigenvalue weighted by Gasteiger charge is -2.30. The third-order valence-electron chi connectivity index (χ3n) is 6.55. The Kier molecular flexibility index (Phi) is 10.4. The van der Waals surface area contributed by atoms with Crippen molar-refractivity contribution in [2.75, 3.05) is 40.0 Å². The molecular weight excluding hydrogens is 478 g/mol. The summed E-state index contributed by atoms with van der Waals surface area (Å²) in [5, 5.41) is 0. The van der Waals surface area contributed by atoms with Crippen LogP contribution in [0.5, 0.6) is 11.5 Å². The van der Waals surface area contributed by atoms with E-state index in [9.17, 15) is 4.79 Å². The molecule has 0 bridgehead atoms. The van der Waals surface area contributed by atoms with Gasteiger partial charge in [-0.05, 0) is 48.2 Å². The average molecular weight is 516 g/mol. The molecule has 0 N–H and O–H groups in total. The lowest BCUT2D eigenvalue weighted by Crippen LogP contribution is -2.34. The Balaban J connectivity index is 1.30. The highest BCUT2D eigenvalue weighted by atomic mass is 16.5. The molecule has 4 rings (SSSR count). The third-order valence-corrected chi connectivity index (χ3v) is 6.55. The third kappa shape index (κ3) is 7.70. The van der Waals surface area contributed by atoms with Crippen LogP contribution < -0.4 is 9.47 Å². The van der Waals surface area contributed by atoms with Crippen molar-refractivity contribution >= 4 is 11.5 Å². The van der Waals surface area contributed by atoms with E-state index in [1.54, 1.807) is 7.11 Å². The smallest absolute Gasteiger partial charge is 0.335 e. The second-order valence-electron chi connectivity index (χ2n) is 9.21. The van der Waals surface area contributed by atoms with Crippen LogP contribution >= 0.6 is 0 Å². The van der Waals surface area contributed by atoms with Gasteiger partial charge in [0.05, 0.1) is 39.1 Å². The maximum atomic E-state index is 12.9. The second kappa shape index (κ2) is 14.4. The van der Waals surface area contributed by atoms with Gasteiger partial charge in [0.15, 0.2) is 0 Å². The quantitative estimate of drug-likeness (QED) is 0.209. The van der Waals surface area contributed by atoms with Gasteiger partial charge < -0.3 is 18.9 Å². The molecule has 6 heteroatoms. The molecule has 200 valence electrons. The summed E-state index contributed by atoms with van der Waals surface area (Å²) in [4.78, 5) is 15.2. The first-order valence-electron chi connectivity index (χ1n) is 13.3. The first kappa shape index (κ1) is 27.4. The van der Waals surface area contributed by atoms with E-state index in [0.29, 0.717) is 33.0 Å². The zero-order valence-corrected chi connectivity index (χ0v) is 22.4. The fourth-order valence-corrected chi connectivity index (χ4v) is 4.63. The Morgan fingerprint density at radius 2 is 1.68 bits per heavy atom. The molecule has 0 unspecified atom stereocenters. The first-order valence-corrected chi connectivity index (χ1v) is 13.3. The van der Waals surface area contributed by atoms with E-state index >= 15 is 0 Å². The summed E-state index contributed by atoms with van der Waals surface area (Å²) in [6.07, 6.45) is 1.58. The van der Waals surface area contributed by atoms with Gasteiger partial charge in [0.25, 0.3) is 0 Å². The number of methoxy groups -OCH3 is 1. The Bertz CT molecular complexity index is 1190. The first-order chi connectivity index (χ1) is 18.7. The van der Waals surface area contributed by atoms with Gasteiger partial charge in [0, 0.05) is 31.6 Å². The SMILES string of the molecule is CCOC(=O)C1=C(c2ccc(OCCCOCc3ccccc3OC)cc2)CCN(Cc2ccccc2)C1. The van der Waals surface area contributed by atoms with E-state index in [4.69, 9.17) is 18.9 Å². The van der Waals surface area contributed by atoms with Gasteiger partial charge in [-0.2, -0.15) is 0 Å². The van der Waals surface area contributed by atoms with E-state index < -0.39 is 0 Å². The molecule has 6 nitrogen and oxygen atoms in total. The summed E-state index contributed by atoms with van der Waals surface area (Å²) in [6, 6.07) is 26.2. The van der Waals surface area contributed by atoms with Crippen LogP contribution in [0.25, 0.3) is 5.57 Å². The molecule has 0 spiro atoms. The van der Waals surface area contributed by atoms with Gasteiger partial charge in [-0.25, -0.2) is 4.79 Å². The Morgan fingerprint density at radius 3 is 2.45 bits per heavy atom. The number of carbonyl (C=O) groups is 1. The van der Waals surface area contributed by atoms with Crippen LogP contribution in [-0.4, -0.2) is 50.9 Å². The topological polar surface area (TPSA) is 57.2 Å². The second-order valence-corrected chi connectivity index (χ2v) is 9.21. The molecule has 1 aliphatic heterocycles. The zero-order valence-electron chi connectivity index (χ0n) is 22.4. The van der Waals surface area contributed by atoms with Crippen molar-refractivity contribution in [2.45, 2.75) is 32.9 Å². The summed E-state index contributed by atoms with van der Waals surface area (Å²) >= 11 is 0. The minimum absolute atomic E-state index is 0.228. The van der Waals surface area contributed by atoms with E-state index in [1.807, 2.05) is 73.7 Å². The van der Waals surface area contributed by atoms with Crippen LogP contribution in [0.4, 0.5) is 0 Å². The highest BCUT2D eigenvalue weighted by Gasteiger charge is 2.25. The minimum Gasteiger partial charge on any atom is -0.496 e. The van der Waals surface area contributed by atoms with Gasteiger partial charge in [0.1, 0.15) is 11.5 Å². The molecule has 0 fully saturated rings. The lowest BCUT2D eigenvalue weighted by atomic mass is 9.93. The number of benzene rings is 3. The molecule has 3 aromatic carbocycles. The molecule has 0 saturated carbocycles. The fourth-order valence-electron chi connectivity index (χ4n) is 4.63. The van der Waals surface area contributed by atoms with Crippen LogP contribution in [0, 0.1) is 0 Å². The van der Waals surface area contributed by atoms with Gasteiger partial charge in [-0.1, -0.05) is 60.7 Å². The van der Waals surface area contributed by atoms with E-state index in [2.05, 4.69) is 17.0 Å². The fraction of sp³-hybridized carbons (Fsp3) is 0.344. The van der Waals surface area contributed by atoms with Crippen LogP contribution in [0.1, 0.15) is 36.5 Å². The van der Waals surface area contributed by atoms with Crippen LogP contribution in [0.15, 0.2) is 84.4 Å². The molecule has 1 heterocycles. The lowest BCUT2D eigenvalue weighted by molar-refractivity contribution is -0.138. The highest BCUT2D eigenvalue weighted by Crippen LogP contribution is 2.30. The van der Waals surface area contributed by atoms with Crippen molar-refractivity contribution in [3.63, 3.8) is 0 Å². The van der Waals surface area contributed by atoms with Crippen molar-refractivity contribution in [1.82, 2.24) is 4.90 Å². The predicted octanol–water partition coefficient (Wildman–Crippen LogP) is 5.90. The number of hydrogen-bond acceptors (Lipinski definition) is 6. The predicted molar refractivity (Wildman–Crippen MR) is 149 cm³/mol. The minimum atomic E-state index is -0.228. The molecule has 0 aromatic heterocycles. The molecule has 0 atom stereocenters. The molecule has 0 radical (unpaired) electrons. The Hall–Kier alpha value is -3.61. The molecule has 38 heavy (non-hydrogen) atoms. The molecule has 0 amide bonds. The van der Waals surface area contributed by atoms with E-state index in [-0.39, 0.29) is 5.97 Å². The summed E-state index contributed by atoms with van der Waals surface area (Å²) in [5.41, 5.74) is 5.12. The van der Waals surface area contributed by atoms with Crippen LogP contribution in [0.3, 0.4) is 0 Å². The van der Waals surface area contributed by atoms with E-state index in [1.165, 1.54) is 5.56 Å². The normalized spacial score (nSPS) is 13.8. The Labute approximate surface area is 225 Å². The van der Waals surface area contributed by atoms with Crippen molar-refractivity contribution in [2.24, 2.45) is 0 Å². The number of esters is 1. The largest absolute Gasteiger partial charge is 0.496 e. The number of ether oxygens (including phenoxy) is 4. The monoisotopic (exact) mass is 515 g/mol. The summed E-state index contributed by atoms with van der Waals surface area (Å²) in [7, 11) is 1.67. The van der Waals surface area contributed by atoms with Crippen LogP contribution in [-0.2, 0) is 27.4 Å². The van der Waals surface area contributed by atoms with Crippen molar-refractivity contribution in [3.05, 3.63) is 101 Å². The maximum absolute atomic E-state index is 12.9. The molecule has 0 saturated heterocycles. The van der Waals surface area contributed by atoms with Gasteiger partial charge >= 0.3 is 5.97 Å². The number of carbonyl (C=O) groups excluding carboxylic acids is 1. The average Bonchev–Trinajstić information content (AvgIpc) is 2.96. The van der Waals surface area contributed by atoms with Crippen LogP contribution in [0.2, 0.25) is 0 Å². The number of para-hydroxylation sites is 1. The molecule has 0 aliphatic carbocycles. The van der Waals surface area contributed by atoms with Gasteiger partial charge in [-0.3, -0.25) is 4.90 Å².